The number of hydrogen-bond acceptors (Lipinski definition) is 7. The van der Waals surface area contributed by atoms with Crippen molar-refractivity contribution in [3.8, 4) is 0 Å². The first-order valence-corrected chi connectivity index (χ1v) is 7.01. The zero-order valence-electron chi connectivity index (χ0n) is 11.3. The van der Waals surface area contributed by atoms with Crippen LogP contribution in [0, 0.1) is 10.1 Å². The standard InChI is InChI=1S/C13H9N5O3S/c1-8(19)9-3-4-11(10(7-9)18(20)21)22-13-15-12-14-5-2-6-17(12)16-13/h2-7H,1H3. The number of aromatic nitrogens is 4. The number of Topliss-reactive ketones (excluding diaryl/α,β-unsaturated/α-hetero) is 1. The van der Waals surface area contributed by atoms with Gasteiger partial charge in [0.2, 0.25) is 5.16 Å². The van der Waals surface area contributed by atoms with E-state index in [4.69, 9.17) is 0 Å². The van der Waals surface area contributed by atoms with E-state index < -0.39 is 4.92 Å². The summed E-state index contributed by atoms with van der Waals surface area (Å²) in [7, 11) is 0. The van der Waals surface area contributed by atoms with Gasteiger partial charge in [-0.05, 0) is 36.9 Å². The van der Waals surface area contributed by atoms with Gasteiger partial charge < -0.3 is 0 Å². The minimum atomic E-state index is -0.525. The lowest BCUT2D eigenvalue weighted by Gasteiger charge is -2.01. The van der Waals surface area contributed by atoms with Gasteiger partial charge in [0.15, 0.2) is 5.78 Å². The number of nitro groups is 1. The Morgan fingerprint density at radius 3 is 2.91 bits per heavy atom. The maximum absolute atomic E-state index is 11.3. The zero-order chi connectivity index (χ0) is 15.7. The van der Waals surface area contributed by atoms with Crippen LogP contribution in [-0.4, -0.2) is 30.3 Å². The molecule has 0 N–H and O–H groups in total. The Hall–Kier alpha value is -2.81. The second kappa shape index (κ2) is 5.53. The molecule has 0 saturated heterocycles. The van der Waals surface area contributed by atoms with Gasteiger partial charge in [0.25, 0.3) is 11.5 Å². The molecule has 0 radical (unpaired) electrons. The van der Waals surface area contributed by atoms with Gasteiger partial charge in [0.1, 0.15) is 0 Å². The SMILES string of the molecule is CC(=O)c1ccc(Sc2nc3ncccn3n2)c([N+](=O)[O-])c1. The summed E-state index contributed by atoms with van der Waals surface area (Å²) < 4.78 is 1.48. The summed E-state index contributed by atoms with van der Waals surface area (Å²) in [6.07, 6.45) is 3.27. The Labute approximate surface area is 128 Å². The van der Waals surface area contributed by atoms with Crippen LogP contribution in [0.3, 0.4) is 0 Å². The van der Waals surface area contributed by atoms with E-state index in [0.717, 1.165) is 11.8 Å². The van der Waals surface area contributed by atoms with Crippen LogP contribution >= 0.6 is 11.8 Å². The molecular weight excluding hydrogens is 306 g/mol. The highest BCUT2D eigenvalue weighted by Gasteiger charge is 2.19. The normalized spacial score (nSPS) is 10.8. The summed E-state index contributed by atoms with van der Waals surface area (Å²) in [6, 6.07) is 6.04. The van der Waals surface area contributed by atoms with Crippen molar-refractivity contribution in [2.75, 3.05) is 0 Å². The lowest BCUT2D eigenvalue weighted by Crippen LogP contribution is -1.97. The molecule has 1 aromatic carbocycles. The van der Waals surface area contributed by atoms with E-state index in [1.165, 1.54) is 23.6 Å². The number of rotatable bonds is 4. The highest BCUT2D eigenvalue weighted by molar-refractivity contribution is 7.99. The highest BCUT2D eigenvalue weighted by atomic mass is 32.2. The van der Waals surface area contributed by atoms with E-state index >= 15 is 0 Å². The van der Waals surface area contributed by atoms with Gasteiger partial charge in [-0.3, -0.25) is 14.9 Å². The van der Waals surface area contributed by atoms with Crippen molar-refractivity contribution in [3.63, 3.8) is 0 Å². The van der Waals surface area contributed by atoms with Crippen molar-refractivity contribution < 1.29 is 9.72 Å². The Bertz CT molecular complexity index is 859. The van der Waals surface area contributed by atoms with Crippen LogP contribution < -0.4 is 0 Å². The summed E-state index contributed by atoms with van der Waals surface area (Å²) in [6.45, 7) is 1.36. The average molecular weight is 315 g/mol. The van der Waals surface area contributed by atoms with Gasteiger partial charge in [-0.2, -0.15) is 4.98 Å². The summed E-state index contributed by atoms with van der Waals surface area (Å²) in [5, 5.41) is 15.7. The molecule has 22 heavy (non-hydrogen) atoms. The van der Waals surface area contributed by atoms with Gasteiger partial charge in [-0.25, -0.2) is 9.50 Å². The molecule has 0 bridgehead atoms. The quantitative estimate of drug-likeness (QED) is 0.413. The molecule has 0 amide bonds. The molecule has 2 aromatic heterocycles. The molecule has 0 saturated carbocycles. The van der Waals surface area contributed by atoms with Crippen LogP contribution in [-0.2, 0) is 0 Å². The Kier molecular flexibility index (Phi) is 3.55. The Balaban J connectivity index is 2.00. The molecule has 0 spiro atoms. The molecule has 110 valence electrons. The van der Waals surface area contributed by atoms with Crippen molar-refractivity contribution in [2.45, 2.75) is 17.0 Å². The topological polar surface area (TPSA) is 103 Å². The zero-order valence-corrected chi connectivity index (χ0v) is 12.1. The fourth-order valence-electron chi connectivity index (χ4n) is 1.82. The van der Waals surface area contributed by atoms with Crippen molar-refractivity contribution >= 4 is 29.0 Å². The highest BCUT2D eigenvalue weighted by Crippen LogP contribution is 2.33. The molecular formula is C13H9N5O3S. The second-order valence-corrected chi connectivity index (χ2v) is 5.37. The lowest BCUT2D eigenvalue weighted by atomic mass is 10.1. The van der Waals surface area contributed by atoms with Crippen molar-refractivity contribution in [1.82, 2.24) is 19.6 Å². The first-order chi connectivity index (χ1) is 10.5. The third kappa shape index (κ3) is 2.66. The molecule has 3 rings (SSSR count). The van der Waals surface area contributed by atoms with Crippen molar-refractivity contribution in [2.24, 2.45) is 0 Å². The lowest BCUT2D eigenvalue weighted by molar-refractivity contribution is -0.387. The number of carbonyl (C=O) groups excluding carboxylic acids is 1. The van der Waals surface area contributed by atoms with E-state index in [1.807, 2.05) is 0 Å². The molecule has 0 aliphatic carbocycles. The van der Waals surface area contributed by atoms with Crippen LogP contribution in [0.1, 0.15) is 17.3 Å². The fraction of sp³-hybridized carbons (Fsp3) is 0.0769. The molecule has 0 aliphatic heterocycles. The largest absolute Gasteiger partial charge is 0.295 e. The van der Waals surface area contributed by atoms with Crippen LogP contribution in [0.25, 0.3) is 5.78 Å². The molecule has 0 aliphatic rings. The molecule has 8 nitrogen and oxygen atoms in total. The van der Waals surface area contributed by atoms with Crippen LogP contribution in [0.5, 0.6) is 0 Å². The van der Waals surface area contributed by atoms with E-state index in [1.54, 1.807) is 24.5 Å². The molecule has 9 heteroatoms. The number of fused-ring (bicyclic) bond motifs is 1. The van der Waals surface area contributed by atoms with Crippen molar-refractivity contribution in [1.29, 1.82) is 0 Å². The van der Waals surface area contributed by atoms with Gasteiger partial charge in [0.05, 0.1) is 9.82 Å². The van der Waals surface area contributed by atoms with Gasteiger partial charge in [0, 0.05) is 24.0 Å². The van der Waals surface area contributed by atoms with Gasteiger partial charge >= 0.3 is 0 Å². The number of benzene rings is 1. The van der Waals surface area contributed by atoms with Gasteiger partial charge in [-0.1, -0.05) is 0 Å². The number of ketones is 1. The molecule has 3 aromatic rings. The smallest absolute Gasteiger partial charge is 0.284 e. The second-order valence-electron chi connectivity index (χ2n) is 4.36. The Morgan fingerprint density at radius 1 is 1.41 bits per heavy atom. The molecule has 0 atom stereocenters. The predicted octanol–water partition coefficient (Wildman–Crippen LogP) is 2.39. The average Bonchev–Trinajstić information content (AvgIpc) is 2.89. The fourth-order valence-corrected chi connectivity index (χ4v) is 2.65. The third-order valence-corrected chi connectivity index (χ3v) is 3.78. The molecule has 0 unspecified atom stereocenters. The maximum Gasteiger partial charge on any atom is 0.284 e. The third-order valence-electron chi connectivity index (χ3n) is 2.86. The number of nitrogens with zero attached hydrogens (tertiary/aromatic N) is 5. The van der Waals surface area contributed by atoms with E-state index in [0.29, 0.717) is 21.4 Å². The minimum Gasteiger partial charge on any atom is -0.295 e. The summed E-state index contributed by atoms with van der Waals surface area (Å²) >= 11 is 1.05. The summed E-state index contributed by atoms with van der Waals surface area (Å²) in [5.41, 5.74) is 0.144. The monoisotopic (exact) mass is 315 g/mol. The first kappa shape index (κ1) is 14.1. The number of carbonyl (C=O) groups is 1. The van der Waals surface area contributed by atoms with Crippen LogP contribution in [0.15, 0.2) is 46.7 Å². The summed E-state index contributed by atoms with van der Waals surface area (Å²) in [4.78, 5) is 30.6. The maximum atomic E-state index is 11.3. The van der Waals surface area contributed by atoms with Crippen molar-refractivity contribution in [3.05, 3.63) is 52.3 Å². The van der Waals surface area contributed by atoms with E-state index in [2.05, 4.69) is 15.1 Å². The number of hydrogen-bond donors (Lipinski definition) is 0. The minimum absolute atomic E-state index is 0.149. The van der Waals surface area contributed by atoms with Gasteiger partial charge in [-0.15, -0.1) is 5.10 Å². The molecule has 2 heterocycles. The van der Waals surface area contributed by atoms with Crippen LogP contribution in [0.2, 0.25) is 0 Å². The summed E-state index contributed by atoms with van der Waals surface area (Å²) in [5.74, 6) is 0.183. The van der Waals surface area contributed by atoms with E-state index in [-0.39, 0.29) is 11.5 Å². The predicted molar refractivity (Wildman–Crippen MR) is 78.0 cm³/mol. The first-order valence-electron chi connectivity index (χ1n) is 6.19. The molecule has 0 fully saturated rings. The van der Waals surface area contributed by atoms with Crippen LogP contribution in [0.4, 0.5) is 5.69 Å². The Morgan fingerprint density at radius 2 is 2.23 bits per heavy atom. The van der Waals surface area contributed by atoms with E-state index in [9.17, 15) is 14.9 Å². The number of nitro benzene ring substituents is 1.